The molecule has 0 aliphatic heterocycles. The minimum atomic E-state index is -5.06. The lowest BCUT2D eigenvalue weighted by Gasteiger charge is -2.14. The summed E-state index contributed by atoms with van der Waals surface area (Å²) >= 11 is 0. The van der Waals surface area contributed by atoms with Crippen LogP contribution in [0.2, 0.25) is 0 Å². The molecule has 0 saturated carbocycles. The van der Waals surface area contributed by atoms with E-state index in [9.17, 15) is 39.6 Å². The van der Waals surface area contributed by atoms with Crippen molar-refractivity contribution in [2.24, 2.45) is 0 Å². The van der Waals surface area contributed by atoms with Gasteiger partial charge in [-0.2, -0.15) is 26.3 Å². The number of benzene rings is 1. The molecule has 11 heteroatoms. The van der Waals surface area contributed by atoms with Gasteiger partial charge in [0, 0.05) is 5.69 Å². The average molecular weight is 405 g/mol. The van der Waals surface area contributed by atoms with E-state index in [0.29, 0.717) is 25.0 Å². The van der Waals surface area contributed by atoms with E-state index in [4.69, 9.17) is 0 Å². The summed E-state index contributed by atoms with van der Waals surface area (Å²) in [6, 6.07) is 0.546. The van der Waals surface area contributed by atoms with Gasteiger partial charge in [-0.05, 0) is 24.6 Å². The van der Waals surface area contributed by atoms with Crippen LogP contribution < -0.4 is 5.32 Å². The highest BCUT2D eigenvalue weighted by Crippen LogP contribution is 2.37. The number of carbonyl (C=O) groups excluding carboxylic acids is 1. The lowest BCUT2D eigenvalue weighted by molar-refractivity contribution is -0.143. The highest BCUT2D eigenvalue weighted by atomic mass is 32.2. The molecular formula is C15H17F6NO3S. The highest BCUT2D eigenvalue weighted by molar-refractivity contribution is 7.92. The summed E-state index contributed by atoms with van der Waals surface area (Å²) in [6.45, 7) is 1.84. The first-order chi connectivity index (χ1) is 11.7. The number of anilines is 1. The van der Waals surface area contributed by atoms with Gasteiger partial charge >= 0.3 is 12.4 Å². The molecule has 26 heavy (non-hydrogen) atoms. The first-order valence-electron chi connectivity index (χ1n) is 7.54. The fourth-order valence-corrected chi connectivity index (χ4v) is 3.33. The molecule has 1 rings (SSSR count). The monoisotopic (exact) mass is 405 g/mol. The lowest BCUT2D eigenvalue weighted by atomic mass is 10.1. The Hall–Kier alpha value is -1.78. The van der Waals surface area contributed by atoms with Crippen LogP contribution in [0.3, 0.4) is 0 Å². The van der Waals surface area contributed by atoms with Crippen LogP contribution in [0, 0.1) is 0 Å². The second kappa shape index (κ2) is 8.28. The SMILES string of the molecule is CCCCCS(=O)(=O)CC(=O)Nc1cc(C(F)(F)F)cc(C(F)(F)F)c1. The maximum atomic E-state index is 12.7. The zero-order chi connectivity index (χ0) is 20.2. The number of halogens is 6. The highest BCUT2D eigenvalue weighted by Gasteiger charge is 2.37. The van der Waals surface area contributed by atoms with Crippen molar-refractivity contribution in [3.63, 3.8) is 0 Å². The van der Waals surface area contributed by atoms with E-state index >= 15 is 0 Å². The molecule has 0 bridgehead atoms. The molecule has 148 valence electrons. The van der Waals surface area contributed by atoms with Gasteiger partial charge in [0.25, 0.3) is 0 Å². The van der Waals surface area contributed by atoms with Crippen molar-refractivity contribution in [3.8, 4) is 0 Å². The van der Waals surface area contributed by atoms with Crippen molar-refractivity contribution in [3.05, 3.63) is 29.3 Å². The largest absolute Gasteiger partial charge is 0.416 e. The Kier molecular flexibility index (Phi) is 7.09. The van der Waals surface area contributed by atoms with E-state index in [1.165, 1.54) is 0 Å². The fraction of sp³-hybridized carbons (Fsp3) is 0.533. The first kappa shape index (κ1) is 22.3. The Labute approximate surface area is 146 Å². The normalized spacial score (nSPS) is 12.9. The van der Waals surface area contributed by atoms with E-state index in [1.807, 2.05) is 6.92 Å². The van der Waals surface area contributed by atoms with Crippen molar-refractivity contribution in [2.75, 3.05) is 16.8 Å². The molecule has 0 aliphatic rings. The van der Waals surface area contributed by atoms with E-state index in [1.54, 1.807) is 5.32 Å². The molecule has 1 aromatic carbocycles. The summed E-state index contributed by atoms with van der Waals surface area (Å²) in [4.78, 5) is 11.7. The second-order valence-corrected chi connectivity index (χ2v) is 7.83. The van der Waals surface area contributed by atoms with E-state index in [-0.39, 0.29) is 11.8 Å². The van der Waals surface area contributed by atoms with Gasteiger partial charge in [-0.1, -0.05) is 19.8 Å². The van der Waals surface area contributed by atoms with Gasteiger partial charge in [0.2, 0.25) is 5.91 Å². The number of alkyl halides is 6. The predicted octanol–water partition coefficient (Wildman–Crippen LogP) is 4.27. The van der Waals surface area contributed by atoms with Crippen LogP contribution in [-0.4, -0.2) is 25.8 Å². The maximum absolute atomic E-state index is 12.7. The third kappa shape index (κ3) is 7.22. The second-order valence-electron chi connectivity index (χ2n) is 5.64. The molecule has 0 aromatic heterocycles. The molecule has 0 heterocycles. The van der Waals surface area contributed by atoms with E-state index in [2.05, 4.69) is 0 Å². The third-order valence-corrected chi connectivity index (χ3v) is 4.89. The summed E-state index contributed by atoms with van der Waals surface area (Å²) in [6.07, 6.45) is -8.45. The van der Waals surface area contributed by atoms with Crippen LogP contribution in [0.1, 0.15) is 37.3 Å². The van der Waals surface area contributed by atoms with Crippen LogP contribution in [0.15, 0.2) is 18.2 Å². The van der Waals surface area contributed by atoms with Gasteiger partial charge in [-0.15, -0.1) is 0 Å². The Balaban J connectivity index is 3.00. The van der Waals surface area contributed by atoms with Gasteiger partial charge in [-0.25, -0.2) is 8.42 Å². The molecule has 1 amide bonds. The van der Waals surface area contributed by atoms with Gasteiger partial charge in [-0.3, -0.25) is 4.79 Å². The smallest absolute Gasteiger partial charge is 0.325 e. The quantitative estimate of drug-likeness (QED) is 0.544. The summed E-state index contributed by atoms with van der Waals surface area (Å²) in [5.74, 6) is -2.51. The minimum Gasteiger partial charge on any atom is -0.325 e. The van der Waals surface area contributed by atoms with Gasteiger partial charge in [0.15, 0.2) is 9.84 Å². The molecule has 0 spiro atoms. The molecule has 1 aromatic rings. The van der Waals surface area contributed by atoms with Crippen LogP contribution in [0.25, 0.3) is 0 Å². The summed E-state index contributed by atoms with van der Waals surface area (Å²) in [7, 11) is -3.81. The molecule has 0 fully saturated rings. The number of unbranched alkanes of at least 4 members (excludes halogenated alkanes) is 2. The van der Waals surface area contributed by atoms with Crippen molar-refractivity contribution < 1.29 is 39.6 Å². The van der Waals surface area contributed by atoms with Crippen molar-refractivity contribution in [1.29, 1.82) is 0 Å². The van der Waals surface area contributed by atoms with Crippen molar-refractivity contribution in [2.45, 2.75) is 38.5 Å². The standard InChI is InChI=1S/C15H17F6NO3S/c1-2-3-4-5-26(24,25)9-13(23)22-12-7-10(14(16,17)18)6-11(8-12)15(19,20)21/h6-8H,2-5,9H2,1H3,(H,22,23). The number of hydrogen-bond acceptors (Lipinski definition) is 3. The van der Waals surface area contributed by atoms with Crippen LogP contribution in [0.5, 0.6) is 0 Å². The number of sulfone groups is 1. The van der Waals surface area contributed by atoms with E-state index in [0.717, 1.165) is 6.42 Å². The Morgan fingerprint density at radius 3 is 1.88 bits per heavy atom. The number of nitrogens with one attached hydrogen (secondary N) is 1. The summed E-state index contributed by atoms with van der Waals surface area (Å²) < 4.78 is 99.9. The van der Waals surface area contributed by atoms with E-state index < -0.39 is 50.7 Å². The molecule has 1 N–H and O–H groups in total. The molecular weight excluding hydrogens is 388 g/mol. The first-order valence-corrected chi connectivity index (χ1v) is 9.36. The number of rotatable bonds is 7. The number of carbonyl (C=O) groups is 1. The molecule has 0 atom stereocenters. The van der Waals surface area contributed by atoms with Crippen LogP contribution in [-0.2, 0) is 27.0 Å². The van der Waals surface area contributed by atoms with Crippen molar-refractivity contribution >= 4 is 21.4 Å². The van der Waals surface area contributed by atoms with Gasteiger partial charge in [0.05, 0.1) is 16.9 Å². The van der Waals surface area contributed by atoms with Crippen molar-refractivity contribution in [1.82, 2.24) is 0 Å². The topological polar surface area (TPSA) is 63.2 Å². The van der Waals surface area contributed by atoms with Gasteiger partial charge < -0.3 is 5.32 Å². The predicted molar refractivity (Wildman–Crippen MR) is 83.3 cm³/mol. The van der Waals surface area contributed by atoms with Crippen LogP contribution >= 0.6 is 0 Å². The molecule has 0 saturated heterocycles. The zero-order valence-corrected chi connectivity index (χ0v) is 14.5. The Morgan fingerprint density at radius 1 is 0.962 bits per heavy atom. The molecule has 0 unspecified atom stereocenters. The average Bonchev–Trinajstić information content (AvgIpc) is 2.44. The molecule has 0 aliphatic carbocycles. The number of amides is 1. The Bertz CT molecular complexity index is 708. The maximum Gasteiger partial charge on any atom is 0.416 e. The summed E-state index contributed by atoms with van der Waals surface area (Å²) in [5.41, 5.74) is -3.98. The zero-order valence-electron chi connectivity index (χ0n) is 13.7. The van der Waals surface area contributed by atoms with Gasteiger partial charge in [0.1, 0.15) is 5.75 Å². The molecule has 4 nitrogen and oxygen atoms in total. The summed E-state index contributed by atoms with van der Waals surface area (Å²) in [5, 5.41) is 1.80. The number of hydrogen-bond donors (Lipinski definition) is 1. The molecule has 0 radical (unpaired) electrons. The van der Waals surface area contributed by atoms with Crippen LogP contribution in [0.4, 0.5) is 32.0 Å². The lowest BCUT2D eigenvalue weighted by Crippen LogP contribution is -2.25. The fourth-order valence-electron chi connectivity index (χ4n) is 2.07. The third-order valence-electron chi connectivity index (χ3n) is 3.28. The Morgan fingerprint density at radius 2 is 1.46 bits per heavy atom. The minimum absolute atomic E-state index is 0.0862.